The summed E-state index contributed by atoms with van der Waals surface area (Å²) in [7, 11) is -2.27. The highest BCUT2D eigenvalue weighted by Crippen LogP contribution is 2.19. The minimum Gasteiger partial charge on any atom is -0.399 e. The van der Waals surface area contributed by atoms with Gasteiger partial charge in [-0.25, -0.2) is 8.42 Å². The van der Waals surface area contributed by atoms with E-state index >= 15 is 0 Å². The van der Waals surface area contributed by atoms with Crippen molar-refractivity contribution in [1.29, 1.82) is 0 Å². The Balaban J connectivity index is 2.35. The molecule has 0 N–H and O–H groups in total. The van der Waals surface area contributed by atoms with Crippen molar-refractivity contribution in [2.75, 3.05) is 7.11 Å². The van der Waals surface area contributed by atoms with Crippen LogP contribution in [0.1, 0.15) is 5.56 Å². The Kier molecular flexibility index (Phi) is 5.96. The second kappa shape index (κ2) is 7.94. The number of hydrogen-bond acceptors (Lipinski definition) is 4. The smallest absolute Gasteiger partial charge is 0.190 e. The number of hydrogen-bond donors (Lipinski definition) is 0. The van der Waals surface area contributed by atoms with Gasteiger partial charge in [0.25, 0.3) is 0 Å². The summed E-state index contributed by atoms with van der Waals surface area (Å²) in [4.78, 5) is 4.80. The average molecular weight is 350 g/mol. The quantitative estimate of drug-likeness (QED) is 0.588. The molecule has 2 rings (SSSR count). The highest BCUT2D eigenvalue weighted by Gasteiger charge is 2.24. The predicted molar refractivity (Wildman–Crippen MR) is 93.4 cm³/mol. The van der Waals surface area contributed by atoms with Crippen molar-refractivity contribution in [3.63, 3.8) is 0 Å². The number of oxime groups is 1. The van der Waals surface area contributed by atoms with Crippen LogP contribution < -0.4 is 0 Å². The number of benzene rings is 2. The van der Waals surface area contributed by atoms with Gasteiger partial charge in [-0.2, -0.15) is 0 Å². The van der Waals surface area contributed by atoms with Gasteiger partial charge in [0.1, 0.15) is 12.4 Å². The van der Waals surface area contributed by atoms with Gasteiger partial charge in [-0.1, -0.05) is 59.2 Å². The molecule has 4 nitrogen and oxygen atoms in total. The Hall–Kier alpha value is -2.11. The number of rotatable bonds is 6. The van der Waals surface area contributed by atoms with Crippen LogP contribution in [0.5, 0.6) is 0 Å². The molecule has 0 heterocycles. The average Bonchev–Trinajstić information content (AvgIpc) is 2.56. The Bertz CT molecular complexity index is 784. The van der Waals surface area contributed by atoms with E-state index in [-0.39, 0.29) is 4.90 Å². The van der Waals surface area contributed by atoms with Gasteiger partial charge in [-0.3, -0.25) is 0 Å². The van der Waals surface area contributed by atoms with E-state index in [1.807, 2.05) is 30.3 Å². The van der Waals surface area contributed by atoms with Crippen LogP contribution in [-0.4, -0.2) is 27.0 Å². The molecular formula is C17H16ClNO3S. The molecule has 23 heavy (non-hydrogen) atoms. The molecular weight excluding hydrogens is 334 g/mol. The zero-order chi connectivity index (χ0) is 16.7. The summed E-state index contributed by atoms with van der Waals surface area (Å²) in [6, 6.07) is 15.5. The first-order valence-electron chi connectivity index (χ1n) is 6.83. The molecule has 0 radical (unpaired) electrons. The van der Waals surface area contributed by atoms with Crippen LogP contribution in [0.3, 0.4) is 0 Å². The maximum absolute atomic E-state index is 12.7. The molecule has 120 valence electrons. The summed E-state index contributed by atoms with van der Waals surface area (Å²) in [5.41, 5.74) is 0.898. The van der Waals surface area contributed by atoms with E-state index in [9.17, 15) is 8.42 Å². The monoisotopic (exact) mass is 349 g/mol. The van der Waals surface area contributed by atoms with Crippen molar-refractivity contribution < 1.29 is 13.3 Å². The lowest BCUT2D eigenvalue weighted by Crippen LogP contribution is -2.21. The lowest BCUT2D eigenvalue weighted by atomic mass is 10.2. The van der Waals surface area contributed by atoms with Gasteiger partial charge >= 0.3 is 0 Å². The molecule has 0 aliphatic rings. The van der Waals surface area contributed by atoms with Gasteiger partial charge < -0.3 is 4.84 Å². The van der Waals surface area contributed by atoms with Crippen molar-refractivity contribution in [3.8, 4) is 0 Å². The minimum absolute atomic E-state index is 0.173. The van der Waals surface area contributed by atoms with E-state index in [0.29, 0.717) is 5.02 Å². The molecule has 0 aliphatic carbocycles. The zero-order valence-corrected chi connectivity index (χ0v) is 14.0. The Morgan fingerprint density at radius 3 is 2.35 bits per heavy atom. The van der Waals surface area contributed by atoms with Crippen LogP contribution in [0.4, 0.5) is 0 Å². The fraction of sp³-hybridized carbons (Fsp3) is 0.118. The van der Waals surface area contributed by atoms with Crippen molar-refractivity contribution >= 4 is 33.7 Å². The first-order chi connectivity index (χ1) is 11.0. The minimum atomic E-state index is -3.63. The SMILES string of the molecule is CO/N=C/[C@H](/C=C/c1ccccc1)S(=O)(=O)c1ccc(Cl)cc1. The third-order valence-electron chi connectivity index (χ3n) is 3.09. The molecule has 0 bridgehead atoms. The molecule has 0 aromatic heterocycles. The maximum Gasteiger partial charge on any atom is 0.190 e. The van der Waals surface area contributed by atoms with Gasteiger partial charge in [-0.15, -0.1) is 0 Å². The summed E-state index contributed by atoms with van der Waals surface area (Å²) in [6.07, 6.45) is 4.56. The van der Waals surface area contributed by atoms with E-state index in [0.717, 1.165) is 5.56 Å². The normalized spacial score (nSPS) is 13.5. The van der Waals surface area contributed by atoms with Crippen molar-refractivity contribution in [2.24, 2.45) is 5.16 Å². The van der Waals surface area contributed by atoms with Crippen LogP contribution in [-0.2, 0) is 14.7 Å². The van der Waals surface area contributed by atoms with Crippen LogP contribution in [0.25, 0.3) is 6.08 Å². The molecule has 0 aliphatic heterocycles. The van der Waals surface area contributed by atoms with Gasteiger partial charge in [-0.05, 0) is 29.8 Å². The largest absolute Gasteiger partial charge is 0.399 e. The van der Waals surface area contributed by atoms with Crippen LogP contribution in [0.15, 0.2) is 70.7 Å². The van der Waals surface area contributed by atoms with Crippen molar-refractivity contribution in [2.45, 2.75) is 10.1 Å². The second-order valence-corrected chi connectivity index (χ2v) is 7.21. The highest BCUT2D eigenvalue weighted by molar-refractivity contribution is 7.93. The summed E-state index contributed by atoms with van der Waals surface area (Å²) >= 11 is 5.81. The zero-order valence-electron chi connectivity index (χ0n) is 12.5. The Labute approximate surface area is 141 Å². The standard InChI is InChI=1S/C17H16ClNO3S/c1-22-19-13-17(10-7-14-5-3-2-4-6-14)23(20,21)16-11-8-15(18)9-12-16/h2-13,17H,1H3/b10-7+,19-13+/t17-/m0/s1. The summed E-state index contributed by atoms with van der Waals surface area (Å²) in [5, 5.41) is 3.15. The molecule has 0 fully saturated rings. The fourth-order valence-electron chi connectivity index (χ4n) is 1.91. The Morgan fingerprint density at radius 2 is 1.74 bits per heavy atom. The first kappa shape index (κ1) is 17.2. The molecule has 2 aromatic rings. The molecule has 0 spiro atoms. The number of halogens is 1. The van der Waals surface area contributed by atoms with Crippen LogP contribution in [0.2, 0.25) is 5.02 Å². The van der Waals surface area contributed by atoms with Gasteiger partial charge in [0, 0.05) is 5.02 Å². The van der Waals surface area contributed by atoms with Gasteiger partial charge in [0.05, 0.1) is 11.1 Å². The van der Waals surface area contributed by atoms with Crippen molar-refractivity contribution in [3.05, 3.63) is 71.3 Å². The predicted octanol–water partition coefficient (Wildman–Crippen LogP) is 3.83. The molecule has 0 saturated heterocycles. The summed E-state index contributed by atoms with van der Waals surface area (Å²) in [5.74, 6) is 0. The van der Waals surface area contributed by atoms with E-state index in [1.54, 1.807) is 24.3 Å². The van der Waals surface area contributed by atoms with Gasteiger partial charge in [0.15, 0.2) is 9.84 Å². The van der Waals surface area contributed by atoms with E-state index in [2.05, 4.69) is 9.99 Å². The first-order valence-corrected chi connectivity index (χ1v) is 8.76. The van der Waals surface area contributed by atoms with Crippen LogP contribution in [0, 0.1) is 0 Å². The number of sulfone groups is 1. The molecule has 0 saturated carbocycles. The molecule has 6 heteroatoms. The molecule has 2 aromatic carbocycles. The van der Waals surface area contributed by atoms with Crippen molar-refractivity contribution in [1.82, 2.24) is 0 Å². The third-order valence-corrected chi connectivity index (χ3v) is 5.27. The second-order valence-electron chi connectivity index (χ2n) is 4.67. The van der Waals surface area contributed by atoms with Crippen LogP contribution >= 0.6 is 11.6 Å². The summed E-state index contributed by atoms with van der Waals surface area (Å²) < 4.78 is 25.5. The lowest BCUT2D eigenvalue weighted by molar-refractivity contribution is 0.215. The maximum atomic E-state index is 12.7. The fourth-order valence-corrected chi connectivity index (χ4v) is 3.36. The third kappa shape index (κ3) is 4.68. The molecule has 0 amide bonds. The number of nitrogens with zero attached hydrogens (tertiary/aromatic N) is 1. The van der Waals surface area contributed by atoms with E-state index in [4.69, 9.17) is 11.6 Å². The Morgan fingerprint density at radius 1 is 1.09 bits per heavy atom. The summed E-state index contributed by atoms with van der Waals surface area (Å²) in [6.45, 7) is 0. The van der Waals surface area contributed by atoms with Gasteiger partial charge in [0.2, 0.25) is 0 Å². The molecule has 1 atom stereocenters. The van der Waals surface area contributed by atoms with E-state index in [1.165, 1.54) is 25.5 Å². The lowest BCUT2D eigenvalue weighted by Gasteiger charge is -2.09. The van der Waals surface area contributed by atoms with E-state index < -0.39 is 15.1 Å². The molecule has 0 unspecified atom stereocenters. The topological polar surface area (TPSA) is 55.7 Å². The highest BCUT2D eigenvalue weighted by atomic mass is 35.5.